The Kier molecular flexibility index (Phi) is 5.78. The van der Waals surface area contributed by atoms with E-state index in [9.17, 15) is 4.39 Å². The molecule has 0 atom stereocenters. The van der Waals surface area contributed by atoms with Gasteiger partial charge in [0, 0.05) is 32.2 Å². The molecule has 0 amide bonds. The quantitative estimate of drug-likeness (QED) is 0.784. The van der Waals surface area contributed by atoms with Crippen LogP contribution in [0, 0.1) is 5.82 Å². The van der Waals surface area contributed by atoms with Crippen LogP contribution in [-0.2, 0) is 0 Å². The lowest BCUT2D eigenvalue weighted by Gasteiger charge is -2.37. The molecule has 150 valence electrons. The number of nitrogens with zero attached hydrogens (tertiary/aromatic N) is 4. The zero-order valence-corrected chi connectivity index (χ0v) is 16.3. The van der Waals surface area contributed by atoms with Crippen LogP contribution in [0.15, 0.2) is 30.6 Å². The molecule has 0 radical (unpaired) electrons. The van der Waals surface area contributed by atoms with Crippen molar-refractivity contribution >= 4 is 23.0 Å². The largest absolute Gasteiger partial charge is 0.393 e. The van der Waals surface area contributed by atoms with Crippen molar-refractivity contribution in [3.05, 3.63) is 36.4 Å². The summed E-state index contributed by atoms with van der Waals surface area (Å²) in [6, 6.07) is 7.37. The van der Waals surface area contributed by atoms with Gasteiger partial charge >= 0.3 is 0 Å². The van der Waals surface area contributed by atoms with Gasteiger partial charge in [-0.25, -0.2) is 14.4 Å². The second-order valence-corrected chi connectivity index (χ2v) is 7.72. The third kappa shape index (κ3) is 4.13. The molecule has 0 unspecified atom stereocenters. The van der Waals surface area contributed by atoms with Crippen molar-refractivity contribution in [2.45, 2.75) is 44.6 Å². The number of anilines is 4. The molecule has 1 aromatic carbocycles. The van der Waals surface area contributed by atoms with Crippen molar-refractivity contribution in [1.29, 1.82) is 0 Å². The lowest BCUT2D eigenvalue weighted by atomic mass is 10.1. The number of rotatable bonds is 4. The van der Waals surface area contributed by atoms with Crippen molar-refractivity contribution in [2.24, 2.45) is 0 Å². The van der Waals surface area contributed by atoms with Crippen LogP contribution in [0.4, 0.5) is 27.4 Å². The molecule has 1 aromatic heterocycles. The predicted octanol–water partition coefficient (Wildman–Crippen LogP) is 3.66. The minimum atomic E-state index is -0.174. The summed E-state index contributed by atoms with van der Waals surface area (Å²) in [5.41, 5.74) is 7.71. The molecular weight excluding hydrogens is 355 g/mol. The first-order chi connectivity index (χ1) is 13.7. The Morgan fingerprint density at radius 2 is 1.61 bits per heavy atom. The molecule has 1 aliphatic heterocycles. The van der Waals surface area contributed by atoms with Gasteiger partial charge in [0.25, 0.3) is 0 Å². The van der Waals surface area contributed by atoms with Gasteiger partial charge < -0.3 is 20.9 Å². The van der Waals surface area contributed by atoms with Crippen LogP contribution in [0.2, 0.25) is 0 Å². The van der Waals surface area contributed by atoms with E-state index in [2.05, 4.69) is 25.1 Å². The first-order valence-electron chi connectivity index (χ1n) is 10.3. The number of para-hydroxylation sites is 1. The number of benzene rings is 1. The number of nitrogens with one attached hydrogen (secondary N) is 1. The van der Waals surface area contributed by atoms with Gasteiger partial charge in [0.1, 0.15) is 17.8 Å². The highest BCUT2D eigenvalue weighted by atomic mass is 19.1. The number of aromatic nitrogens is 2. The van der Waals surface area contributed by atoms with Crippen LogP contribution >= 0.6 is 0 Å². The molecule has 6 nitrogen and oxygen atoms in total. The van der Waals surface area contributed by atoms with Crippen LogP contribution < -0.4 is 20.9 Å². The minimum Gasteiger partial charge on any atom is -0.393 e. The van der Waals surface area contributed by atoms with Crippen LogP contribution in [0.5, 0.6) is 0 Å². The Bertz CT molecular complexity index is 782. The molecule has 1 saturated heterocycles. The Morgan fingerprint density at radius 3 is 2.32 bits per heavy atom. The standard InChI is InChI=1S/C21H29FN6/c22-17-9-5-6-10-18(17)27-11-13-28(14-12-27)21-19(23)20(24-15-25-21)26-16-7-3-1-2-4-8-16/h5-6,9-10,15-16H,1-4,7-8,11-14,23H2,(H,24,25,26). The fourth-order valence-corrected chi connectivity index (χ4v) is 4.24. The summed E-state index contributed by atoms with van der Waals surface area (Å²) in [7, 11) is 0. The summed E-state index contributed by atoms with van der Waals surface area (Å²) in [4.78, 5) is 13.1. The van der Waals surface area contributed by atoms with Gasteiger partial charge in [-0.05, 0) is 25.0 Å². The highest BCUT2D eigenvalue weighted by molar-refractivity contribution is 5.75. The van der Waals surface area contributed by atoms with E-state index in [1.807, 2.05) is 12.1 Å². The van der Waals surface area contributed by atoms with Gasteiger partial charge in [-0.3, -0.25) is 0 Å². The second kappa shape index (κ2) is 8.63. The molecule has 0 spiro atoms. The van der Waals surface area contributed by atoms with Crippen molar-refractivity contribution < 1.29 is 4.39 Å². The molecule has 2 heterocycles. The Balaban J connectivity index is 1.43. The molecule has 3 N–H and O–H groups in total. The molecule has 2 aliphatic rings. The maximum atomic E-state index is 14.1. The van der Waals surface area contributed by atoms with Crippen LogP contribution in [0.1, 0.15) is 38.5 Å². The van der Waals surface area contributed by atoms with Crippen LogP contribution in [0.25, 0.3) is 0 Å². The zero-order valence-electron chi connectivity index (χ0n) is 16.3. The van der Waals surface area contributed by atoms with Gasteiger partial charge in [0.2, 0.25) is 0 Å². The van der Waals surface area contributed by atoms with E-state index in [1.165, 1.54) is 44.6 Å². The van der Waals surface area contributed by atoms with E-state index in [-0.39, 0.29) is 5.82 Å². The number of halogens is 1. The molecule has 28 heavy (non-hydrogen) atoms. The highest BCUT2D eigenvalue weighted by Crippen LogP contribution is 2.30. The third-order valence-electron chi connectivity index (χ3n) is 5.83. The van der Waals surface area contributed by atoms with E-state index in [0.717, 1.165) is 37.8 Å². The van der Waals surface area contributed by atoms with Gasteiger partial charge in [-0.1, -0.05) is 37.8 Å². The topological polar surface area (TPSA) is 70.3 Å². The number of hydrogen-bond donors (Lipinski definition) is 2. The smallest absolute Gasteiger partial charge is 0.157 e. The molecule has 1 aliphatic carbocycles. The molecule has 2 fully saturated rings. The van der Waals surface area contributed by atoms with E-state index in [4.69, 9.17) is 5.73 Å². The van der Waals surface area contributed by atoms with Gasteiger partial charge in [0.15, 0.2) is 11.6 Å². The maximum Gasteiger partial charge on any atom is 0.157 e. The average molecular weight is 385 g/mol. The minimum absolute atomic E-state index is 0.174. The van der Waals surface area contributed by atoms with Crippen molar-refractivity contribution in [2.75, 3.05) is 47.0 Å². The lowest BCUT2D eigenvalue weighted by Crippen LogP contribution is -2.47. The third-order valence-corrected chi connectivity index (χ3v) is 5.83. The summed E-state index contributed by atoms with van der Waals surface area (Å²) >= 11 is 0. The van der Waals surface area contributed by atoms with E-state index >= 15 is 0 Å². The zero-order chi connectivity index (χ0) is 19.3. The molecule has 2 aromatic rings. The van der Waals surface area contributed by atoms with E-state index in [1.54, 1.807) is 12.4 Å². The van der Waals surface area contributed by atoms with Gasteiger partial charge in [-0.15, -0.1) is 0 Å². The van der Waals surface area contributed by atoms with Gasteiger partial charge in [-0.2, -0.15) is 0 Å². The first-order valence-corrected chi connectivity index (χ1v) is 10.3. The molecule has 0 bridgehead atoms. The number of hydrogen-bond acceptors (Lipinski definition) is 6. The number of nitrogens with two attached hydrogens (primary N) is 1. The second-order valence-electron chi connectivity index (χ2n) is 7.72. The summed E-state index contributed by atoms with van der Waals surface area (Å²) in [5, 5.41) is 3.55. The summed E-state index contributed by atoms with van der Waals surface area (Å²) in [5.74, 6) is 1.35. The number of piperazine rings is 1. The summed E-state index contributed by atoms with van der Waals surface area (Å²) in [6.07, 6.45) is 9.07. The molecular formula is C21H29FN6. The van der Waals surface area contributed by atoms with E-state index < -0.39 is 0 Å². The Morgan fingerprint density at radius 1 is 0.929 bits per heavy atom. The first kappa shape index (κ1) is 18.8. The van der Waals surface area contributed by atoms with E-state index in [0.29, 0.717) is 17.4 Å². The SMILES string of the molecule is Nc1c(NC2CCCCCC2)ncnc1N1CCN(c2ccccc2F)CC1. The summed E-state index contributed by atoms with van der Waals surface area (Å²) in [6.45, 7) is 2.96. The highest BCUT2D eigenvalue weighted by Gasteiger charge is 2.23. The normalized spacial score (nSPS) is 18.8. The molecule has 4 rings (SSSR count). The summed E-state index contributed by atoms with van der Waals surface area (Å²) < 4.78 is 14.1. The van der Waals surface area contributed by atoms with Crippen LogP contribution in [0.3, 0.4) is 0 Å². The molecule has 1 saturated carbocycles. The lowest BCUT2D eigenvalue weighted by molar-refractivity contribution is 0.596. The monoisotopic (exact) mass is 384 g/mol. The van der Waals surface area contributed by atoms with Crippen molar-refractivity contribution in [3.8, 4) is 0 Å². The van der Waals surface area contributed by atoms with Crippen molar-refractivity contribution in [1.82, 2.24) is 9.97 Å². The predicted molar refractivity (Wildman–Crippen MR) is 112 cm³/mol. The fraction of sp³-hybridized carbons (Fsp3) is 0.524. The van der Waals surface area contributed by atoms with Crippen LogP contribution in [-0.4, -0.2) is 42.2 Å². The number of nitrogen functional groups attached to an aromatic ring is 1. The Hall–Kier alpha value is -2.57. The molecule has 7 heteroatoms. The maximum absolute atomic E-state index is 14.1. The average Bonchev–Trinajstić information content (AvgIpc) is 2.99. The van der Waals surface area contributed by atoms with Gasteiger partial charge in [0.05, 0.1) is 5.69 Å². The van der Waals surface area contributed by atoms with Crippen molar-refractivity contribution in [3.63, 3.8) is 0 Å². The Labute approximate surface area is 166 Å². The fourth-order valence-electron chi connectivity index (χ4n) is 4.24.